The molecule has 6 heteroatoms. The first-order chi connectivity index (χ1) is 11.0. The predicted molar refractivity (Wildman–Crippen MR) is 91.6 cm³/mol. The summed E-state index contributed by atoms with van der Waals surface area (Å²) < 4.78 is 7.62. The van der Waals surface area contributed by atoms with Crippen molar-refractivity contribution in [2.75, 3.05) is 0 Å². The minimum atomic E-state index is -0.484. The Balaban J connectivity index is 2.26. The van der Waals surface area contributed by atoms with Gasteiger partial charge in [0.05, 0.1) is 18.8 Å². The summed E-state index contributed by atoms with van der Waals surface area (Å²) in [6.45, 7) is 4.42. The number of carbonyl (C=O) groups excluding carboxylic acids is 1. The van der Waals surface area contributed by atoms with E-state index in [9.17, 15) is 4.79 Å². The molecule has 0 amide bonds. The average Bonchev–Trinajstić information content (AvgIpc) is 3.01. The van der Waals surface area contributed by atoms with Crippen LogP contribution in [-0.2, 0) is 16.1 Å². The van der Waals surface area contributed by atoms with Crippen LogP contribution >= 0.6 is 23.2 Å². The molecule has 1 aromatic carbocycles. The summed E-state index contributed by atoms with van der Waals surface area (Å²) in [4.78, 5) is 16.4. The third-order valence-electron chi connectivity index (χ3n) is 3.82. The number of ether oxygens (including phenoxy) is 1. The van der Waals surface area contributed by atoms with Crippen molar-refractivity contribution in [1.82, 2.24) is 9.55 Å². The van der Waals surface area contributed by atoms with Crippen molar-refractivity contribution < 1.29 is 9.53 Å². The van der Waals surface area contributed by atoms with Crippen molar-refractivity contribution in [3.8, 4) is 0 Å². The second-order valence-electron chi connectivity index (χ2n) is 5.36. The summed E-state index contributed by atoms with van der Waals surface area (Å²) in [5.74, 6) is -0.308. The highest BCUT2D eigenvalue weighted by atomic mass is 35.5. The lowest BCUT2D eigenvalue weighted by molar-refractivity contribution is -0.155. The van der Waals surface area contributed by atoms with Gasteiger partial charge in [-0.25, -0.2) is 4.98 Å². The predicted octanol–water partition coefficient (Wildman–Crippen LogP) is 4.91. The van der Waals surface area contributed by atoms with Crippen LogP contribution in [0.5, 0.6) is 0 Å². The molecule has 0 N–H and O–H groups in total. The lowest BCUT2D eigenvalue weighted by Gasteiger charge is -2.22. The molecule has 0 fully saturated rings. The second-order valence-corrected chi connectivity index (χ2v) is 6.21. The third kappa shape index (κ3) is 4.72. The lowest BCUT2D eigenvalue weighted by atomic mass is 10.0. The van der Waals surface area contributed by atoms with Crippen LogP contribution in [0.15, 0.2) is 36.9 Å². The van der Waals surface area contributed by atoms with Gasteiger partial charge >= 0.3 is 5.97 Å². The quantitative estimate of drug-likeness (QED) is 0.663. The monoisotopic (exact) mass is 354 g/mol. The molecule has 0 bridgehead atoms. The van der Waals surface area contributed by atoms with Gasteiger partial charge in [-0.1, -0.05) is 43.1 Å². The molecule has 0 aliphatic carbocycles. The fraction of sp³-hybridized carbons (Fsp3) is 0.412. The minimum absolute atomic E-state index is 0.105. The Hall–Kier alpha value is -1.52. The van der Waals surface area contributed by atoms with Crippen molar-refractivity contribution in [3.05, 3.63) is 52.5 Å². The van der Waals surface area contributed by atoms with Gasteiger partial charge in [-0.2, -0.15) is 0 Å². The first-order valence-electron chi connectivity index (χ1n) is 7.66. The maximum absolute atomic E-state index is 12.4. The number of hydrogen-bond donors (Lipinski definition) is 0. The van der Waals surface area contributed by atoms with Gasteiger partial charge in [0, 0.05) is 28.0 Å². The maximum atomic E-state index is 12.4. The van der Waals surface area contributed by atoms with Gasteiger partial charge in [-0.3, -0.25) is 4.79 Å². The van der Waals surface area contributed by atoms with Crippen LogP contribution in [-0.4, -0.2) is 15.5 Å². The number of aromatic nitrogens is 2. The van der Waals surface area contributed by atoms with Crippen molar-refractivity contribution in [1.29, 1.82) is 0 Å². The van der Waals surface area contributed by atoms with Crippen molar-refractivity contribution >= 4 is 29.2 Å². The molecule has 0 spiro atoms. The number of nitrogens with zero attached hydrogens (tertiary/aromatic N) is 2. The Morgan fingerprint density at radius 3 is 2.61 bits per heavy atom. The van der Waals surface area contributed by atoms with E-state index >= 15 is 0 Å². The van der Waals surface area contributed by atoms with E-state index in [4.69, 9.17) is 27.9 Å². The van der Waals surface area contributed by atoms with E-state index in [1.54, 1.807) is 30.7 Å². The molecule has 2 rings (SSSR count). The summed E-state index contributed by atoms with van der Waals surface area (Å²) in [7, 11) is 0. The van der Waals surface area contributed by atoms with E-state index in [-0.39, 0.29) is 11.9 Å². The van der Waals surface area contributed by atoms with Gasteiger partial charge in [0.25, 0.3) is 0 Å². The number of benzene rings is 1. The van der Waals surface area contributed by atoms with Crippen LogP contribution in [0.1, 0.15) is 38.4 Å². The first kappa shape index (κ1) is 17.8. The fourth-order valence-corrected chi connectivity index (χ4v) is 2.94. The maximum Gasteiger partial charge on any atom is 0.309 e. The molecule has 4 nitrogen and oxygen atoms in total. The number of halogens is 2. The highest BCUT2D eigenvalue weighted by molar-refractivity contribution is 6.35. The fourth-order valence-electron chi connectivity index (χ4n) is 2.41. The van der Waals surface area contributed by atoms with E-state index < -0.39 is 6.10 Å². The second kappa shape index (κ2) is 8.37. The van der Waals surface area contributed by atoms with E-state index in [1.165, 1.54) is 0 Å². The molecule has 1 atom stereocenters. The van der Waals surface area contributed by atoms with E-state index in [0.29, 0.717) is 16.6 Å². The highest BCUT2D eigenvalue weighted by Crippen LogP contribution is 2.30. The van der Waals surface area contributed by atoms with E-state index in [2.05, 4.69) is 4.98 Å². The highest BCUT2D eigenvalue weighted by Gasteiger charge is 2.24. The van der Waals surface area contributed by atoms with Crippen LogP contribution in [0.25, 0.3) is 0 Å². The van der Waals surface area contributed by atoms with Gasteiger partial charge in [0.15, 0.2) is 0 Å². The summed E-state index contributed by atoms with van der Waals surface area (Å²) in [5.41, 5.74) is 0.740. The summed E-state index contributed by atoms with van der Waals surface area (Å²) >= 11 is 12.3. The number of hydrogen-bond acceptors (Lipinski definition) is 3. The smallest absolute Gasteiger partial charge is 0.309 e. The van der Waals surface area contributed by atoms with Crippen molar-refractivity contribution in [2.24, 2.45) is 5.92 Å². The summed E-state index contributed by atoms with van der Waals surface area (Å²) in [6.07, 6.45) is 6.21. The van der Waals surface area contributed by atoms with Crippen molar-refractivity contribution in [3.63, 3.8) is 0 Å². The van der Waals surface area contributed by atoms with Crippen LogP contribution in [0, 0.1) is 5.92 Å². The molecule has 0 radical (unpaired) electrons. The SMILES string of the molecule is CCC(CC)C(=O)OC(Cn1ccnc1)c1ccc(Cl)cc1Cl. The molecular formula is C17H20Cl2N2O2. The third-order valence-corrected chi connectivity index (χ3v) is 4.38. The molecule has 2 aromatic rings. The van der Waals surface area contributed by atoms with Crippen LogP contribution < -0.4 is 0 Å². The Labute approximate surface area is 146 Å². The van der Waals surface area contributed by atoms with E-state index in [0.717, 1.165) is 18.4 Å². The van der Waals surface area contributed by atoms with Gasteiger partial charge in [-0.05, 0) is 25.0 Å². The standard InChI is InChI=1S/C17H20Cl2N2O2/c1-3-12(4-2)17(22)23-16(10-21-8-7-20-11-21)14-6-5-13(18)9-15(14)19/h5-9,11-12,16H,3-4,10H2,1-2H3. The molecule has 1 unspecified atom stereocenters. The first-order valence-corrected chi connectivity index (χ1v) is 8.41. The molecule has 0 aliphatic rings. The zero-order valence-electron chi connectivity index (χ0n) is 13.2. The molecule has 0 saturated heterocycles. The van der Waals surface area contributed by atoms with Crippen LogP contribution in [0.4, 0.5) is 0 Å². The average molecular weight is 355 g/mol. The summed E-state index contributed by atoms with van der Waals surface area (Å²) in [6, 6.07) is 5.20. The van der Waals surface area contributed by atoms with E-state index in [1.807, 2.05) is 24.6 Å². The Morgan fingerprint density at radius 2 is 2.04 bits per heavy atom. The molecule has 0 aliphatic heterocycles. The van der Waals surface area contributed by atoms with Gasteiger partial charge in [0.1, 0.15) is 6.10 Å². The van der Waals surface area contributed by atoms with Gasteiger partial charge in [0.2, 0.25) is 0 Å². The number of carbonyl (C=O) groups is 1. The molecule has 124 valence electrons. The molecule has 23 heavy (non-hydrogen) atoms. The normalized spacial score (nSPS) is 12.4. The number of esters is 1. The van der Waals surface area contributed by atoms with Crippen LogP contribution in [0.2, 0.25) is 10.0 Å². The zero-order valence-corrected chi connectivity index (χ0v) is 14.7. The topological polar surface area (TPSA) is 44.1 Å². The Morgan fingerprint density at radius 1 is 1.30 bits per heavy atom. The molecule has 1 heterocycles. The van der Waals surface area contributed by atoms with Gasteiger partial charge in [-0.15, -0.1) is 0 Å². The summed E-state index contributed by atoms with van der Waals surface area (Å²) in [5, 5.41) is 1.03. The Bertz CT molecular complexity index is 640. The van der Waals surface area contributed by atoms with Crippen LogP contribution in [0.3, 0.4) is 0 Å². The van der Waals surface area contributed by atoms with Crippen molar-refractivity contribution in [2.45, 2.75) is 39.3 Å². The zero-order chi connectivity index (χ0) is 16.8. The molecule has 0 saturated carbocycles. The largest absolute Gasteiger partial charge is 0.455 e. The number of rotatable bonds is 7. The molecule has 1 aromatic heterocycles. The Kier molecular flexibility index (Phi) is 6.48. The lowest BCUT2D eigenvalue weighted by Crippen LogP contribution is -2.22. The minimum Gasteiger partial charge on any atom is -0.455 e. The molecular weight excluding hydrogens is 335 g/mol. The van der Waals surface area contributed by atoms with Gasteiger partial charge < -0.3 is 9.30 Å². The number of imidazole rings is 1.